The summed E-state index contributed by atoms with van der Waals surface area (Å²) in [5.41, 5.74) is 0.650. The number of aliphatic imine (C=N–C) groups is 1. The number of aliphatic hydroxyl groups excluding tert-OH is 1. The summed E-state index contributed by atoms with van der Waals surface area (Å²) in [5, 5.41) is 11.3. The maximum absolute atomic E-state index is 12.1. The van der Waals surface area contributed by atoms with Crippen LogP contribution in [0.5, 0.6) is 5.88 Å². The lowest BCUT2D eigenvalue weighted by atomic mass is 9.72. The molecule has 35 heavy (non-hydrogen) atoms. The van der Waals surface area contributed by atoms with E-state index in [0.29, 0.717) is 11.8 Å². The molecular weight excluding hydrogens is 462 g/mol. The molecule has 7 nitrogen and oxygen atoms in total. The fraction of sp³-hybridized carbons (Fsp3) is 0.704. The fourth-order valence-electron chi connectivity index (χ4n) is 5.35. The average Bonchev–Trinajstić information content (AvgIpc) is 3.37. The molecule has 192 valence electrons. The molecule has 0 spiro atoms. The van der Waals surface area contributed by atoms with Crippen molar-refractivity contribution in [1.82, 2.24) is 9.97 Å². The van der Waals surface area contributed by atoms with E-state index in [9.17, 15) is 9.90 Å². The fourth-order valence-corrected chi connectivity index (χ4v) is 6.59. The molecule has 8 heteroatoms. The van der Waals surface area contributed by atoms with Crippen molar-refractivity contribution in [2.75, 3.05) is 0 Å². The lowest BCUT2D eigenvalue weighted by Crippen LogP contribution is -2.34. The molecule has 0 saturated heterocycles. The Morgan fingerprint density at radius 1 is 1.29 bits per heavy atom. The molecule has 2 unspecified atom stereocenters. The smallest absolute Gasteiger partial charge is 0.433 e. The van der Waals surface area contributed by atoms with Gasteiger partial charge in [-0.2, -0.15) is 4.99 Å². The van der Waals surface area contributed by atoms with Gasteiger partial charge in [0.1, 0.15) is 22.9 Å². The van der Waals surface area contributed by atoms with Gasteiger partial charge in [0, 0.05) is 16.5 Å². The summed E-state index contributed by atoms with van der Waals surface area (Å²) in [4.78, 5) is 27.7. The van der Waals surface area contributed by atoms with Crippen LogP contribution >= 0.6 is 11.3 Å². The number of aliphatic hydroxyl groups is 1. The van der Waals surface area contributed by atoms with Crippen LogP contribution in [-0.2, 0) is 11.2 Å². The number of hydrogen-bond donors (Lipinski definition) is 1. The van der Waals surface area contributed by atoms with Gasteiger partial charge in [0.25, 0.3) is 0 Å². The summed E-state index contributed by atoms with van der Waals surface area (Å²) >= 11 is 1.74. The van der Waals surface area contributed by atoms with Crippen molar-refractivity contribution in [2.45, 2.75) is 116 Å². The van der Waals surface area contributed by atoms with Crippen LogP contribution in [0.15, 0.2) is 11.3 Å². The van der Waals surface area contributed by atoms with Gasteiger partial charge >= 0.3 is 6.09 Å². The number of aromatic nitrogens is 2. The van der Waals surface area contributed by atoms with Gasteiger partial charge in [-0.1, -0.05) is 13.8 Å². The zero-order chi connectivity index (χ0) is 25.2. The topological polar surface area (TPSA) is 93.9 Å². The van der Waals surface area contributed by atoms with Crippen LogP contribution in [0.3, 0.4) is 0 Å². The minimum absolute atomic E-state index is 0.0688. The normalized spacial score (nSPS) is 25.7. The van der Waals surface area contributed by atoms with Gasteiger partial charge in [-0.15, -0.1) is 11.3 Å². The highest BCUT2D eigenvalue weighted by atomic mass is 32.1. The van der Waals surface area contributed by atoms with E-state index in [1.807, 2.05) is 33.9 Å². The van der Waals surface area contributed by atoms with E-state index in [1.165, 1.54) is 10.4 Å². The summed E-state index contributed by atoms with van der Waals surface area (Å²) < 4.78 is 11.9. The average molecular weight is 502 g/mol. The second-order valence-electron chi connectivity index (χ2n) is 11.1. The Morgan fingerprint density at radius 3 is 2.69 bits per heavy atom. The Morgan fingerprint density at radius 2 is 2.03 bits per heavy atom. The molecule has 2 aliphatic rings. The van der Waals surface area contributed by atoms with Crippen molar-refractivity contribution < 1.29 is 19.4 Å². The van der Waals surface area contributed by atoms with E-state index in [4.69, 9.17) is 9.47 Å². The van der Waals surface area contributed by atoms with Crippen LogP contribution in [0.4, 0.5) is 4.79 Å². The van der Waals surface area contributed by atoms with Gasteiger partial charge in [-0.05, 0) is 90.0 Å². The number of rotatable bonds is 7. The maximum atomic E-state index is 12.1. The van der Waals surface area contributed by atoms with Gasteiger partial charge in [-0.3, -0.25) is 0 Å². The summed E-state index contributed by atoms with van der Waals surface area (Å²) in [5.74, 6) is 1.02. The molecule has 2 aromatic heterocycles. The third-order valence-electron chi connectivity index (χ3n) is 7.47. The largest absolute Gasteiger partial charge is 0.474 e. The highest BCUT2D eigenvalue weighted by Gasteiger charge is 2.36. The summed E-state index contributed by atoms with van der Waals surface area (Å²) in [7, 11) is 0. The van der Waals surface area contributed by atoms with Crippen LogP contribution in [0.1, 0.15) is 102 Å². The minimum Gasteiger partial charge on any atom is -0.474 e. The number of aryl methyl sites for hydroxylation is 1. The Bertz CT molecular complexity index is 1070. The number of carbonyl (C=O) groups excluding carboxylic acids is 1. The number of hydrogen-bond acceptors (Lipinski definition) is 7. The third-order valence-corrected chi connectivity index (χ3v) is 8.64. The zero-order valence-corrected chi connectivity index (χ0v) is 22.5. The Balaban J connectivity index is 1.46. The maximum Gasteiger partial charge on any atom is 0.433 e. The first-order chi connectivity index (χ1) is 16.6. The highest BCUT2D eigenvalue weighted by Crippen LogP contribution is 2.48. The monoisotopic (exact) mass is 501 g/mol. The van der Waals surface area contributed by atoms with E-state index in [-0.39, 0.29) is 17.6 Å². The number of nitrogens with zero attached hydrogens (tertiary/aromatic N) is 3. The second-order valence-corrected chi connectivity index (χ2v) is 12.2. The van der Waals surface area contributed by atoms with Crippen LogP contribution < -0.4 is 4.74 Å². The summed E-state index contributed by atoms with van der Waals surface area (Å²) in [6.45, 7) is 9.72. The molecule has 0 aromatic carbocycles. The zero-order valence-electron chi connectivity index (χ0n) is 21.7. The predicted octanol–water partition coefficient (Wildman–Crippen LogP) is 6.61. The van der Waals surface area contributed by atoms with Crippen molar-refractivity contribution in [3.05, 3.63) is 16.8 Å². The quantitative estimate of drug-likeness (QED) is 0.429. The molecule has 2 aromatic rings. The molecule has 0 radical (unpaired) electrons. The van der Waals surface area contributed by atoms with E-state index in [2.05, 4.69) is 21.9 Å². The van der Waals surface area contributed by atoms with Crippen LogP contribution in [-0.4, -0.2) is 45.2 Å². The molecule has 1 N–H and O–H groups in total. The summed E-state index contributed by atoms with van der Waals surface area (Å²) in [6, 6.07) is 0. The van der Waals surface area contributed by atoms with Crippen LogP contribution in [0.25, 0.3) is 10.2 Å². The first-order valence-electron chi connectivity index (χ1n) is 13.0. The highest BCUT2D eigenvalue weighted by molar-refractivity contribution is 7.19. The third kappa shape index (κ3) is 6.02. The van der Waals surface area contributed by atoms with Gasteiger partial charge in [0.15, 0.2) is 0 Å². The molecule has 2 heterocycles. The Labute approximate surface area is 212 Å². The van der Waals surface area contributed by atoms with E-state index in [1.54, 1.807) is 17.7 Å². The Hall–Kier alpha value is -2.06. The van der Waals surface area contributed by atoms with Crippen molar-refractivity contribution >= 4 is 33.9 Å². The standard InChI is InChI=1S/C27H39N3O4S/c1-6-18(31)14-17-8-9-20-21(17)22-23(29-16-30-24(22)35-20)33-19-10-12-27(7-2,13-11-19)15-28-25(32)34-26(3,4)5/h15-19,31H,6-14H2,1-5H3. The minimum atomic E-state index is -0.544. The first kappa shape index (κ1) is 26.0. The molecule has 1 fully saturated rings. The number of thiophene rings is 1. The number of ether oxygens (including phenoxy) is 2. The summed E-state index contributed by atoms with van der Waals surface area (Å²) in [6.07, 6.45) is 10.8. The lowest BCUT2D eigenvalue weighted by molar-refractivity contribution is 0.0600. The van der Waals surface area contributed by atoms with Crippen molar-refractivity contribution in [2.24, 2.45) is 10.4 Å². The molecule has 1 saturated carbocycles. The number of amides is 1. The molecule has 0 aliphatic heterocycles. The van der Waals surface area contributed by atoms with Crippen LogP contribution in [0.2, 0.25) is 0 Å². The molecule has 1 amide bonds. The van der Waals surface area contributed by atoms with E-state index in [0.717, 1.165) is 68.0 Å². The van der Waals surface area contributed by atoms with Gasteiger partial charge in [-0.25, -0.2) is 14.8 Å². The van der Waals surface area contributed by atoms with Crippen LogP contribution in [0, 0.1) is 5.41 Å². The second kappa shape index (κ2) is 10.5. The molecular formula is C27H39N3O4S. The molecule has 0 bridgehead atoms. The molecule has 2 aliphatic carbocycles. The van der Waals surface area contributed by atoms with Gasteiger partial charge < -0.3 is 14.6 Å². The van der Waals surface area contributed by atoms with E-state index >= 15 is 0 Å². The SMILES string of the molecule is CCC(O)CC1CCc2sc3ncnc(OC4CCC(C=NC(=O)OC(C)(C)C)(CC)CC4)c3c21. The number of fused-ring (bicyclic) bond motifs is 3. The first-order valence-corrected chi connectivity index (χ1v) is 13.8. The lowest BCUT2D eigenvalue weighted by Gasteiger charge is -2.36. The molecule has 4 rings (SSSR count). The van der Waals surface area contributed by atoms with Gasteiger partial charge in [0.2, 0.25) is 5.88 Å². The molecule has 2 atom stereocenters. The van der Waals surface area contributed by atoms with E-state index < -0.39 is 11.7 Å². The van der Waals surface area contributed by atoms with Crippen molar-refractivity contribution in [1.29, 1.82) is 0 Å². The predicted molar refractivity (Wildman–Crippen MR) is 140 cm³/mol. The number of carbonyl (C=O) groups is 1. The van der Waals surface area contributed by atoms with Crippen molar-refractivity contribution in [3.63, 3.8) is 0 Å². The Kier molecular flexibility index (Phi) is 7.81. The van der Waals surface area contributed by atoms with Crippen molar-refractivity contribution in [3.8, 4) is 5.88 Å². The van der Waals surface area contributed by atoms with Gasteiger partial charge in [0.05, 0.1) is 11.5 Å².